The minimum Gasteiger partial charge on any atom is -0.443 e. The predicted octanol–water partition coefficient (Wildman–Crippen LogP) is 3.72. The van der Waals surface area contributed by atoms with E-state index >= 15 is 0 Å². The van der Waals surface area contributed by atoms with Gasteiger partial charge in [0.05, 0.1) is 17.8 Å². The summed E-state index contributed by atoms with van der Waals surface area (Å²) >= 11 is 0. The highest BCUT2D eigenvalue weighted by molar-refractivity contribution is 6.10. The highest BCUT2D eigenvalue weighted by atomic mass is 19.1. The molecule has 1 aliphatic rings. The molecule has 0 saturated carbocycles. The van der Waals surface area contributed by atoms with E-state index < -0.39 is 6.09 Å². The van der Waals surface area contributed by atoms with Crippen LogP contribution in [0.5, 0.6) is 0 Å². The van der Waals surface area contributed by atoms with Gasteiger partial charge in [-0.25, -0.2) is 19.2 Å². The first kappa shape index (κ1) is 25.8. The zero-order chi connectivity index (χ0) is 27.7. The maximum absolute atomic E-state index is 13.7. The topological polar surface area (TPSA) is 118 Å². The number of carbonyl (C=O) groups is 2. The Kier molecular flexibility index (Phi) is 6.92. The number of rotatable bonds is 7. The Labute approximate surface area is 224 Å². The number of hydrogen-bond donors (Lipinski definition) is 1. The molecule has 39 heavy (non-hydrogen) atoms. The van der Waals surface area contributed by atoms with Gasteiger partial charge in [-0.1, -0.05) is 6.07 Å². The quantitative estimate of drug-likeness (QED) is 0.384. The average molecular weight is 531 g/mol. The molecule has 11 nitrogen and oxygen atoms in total. The Hall–Kier alpha value is -4.87. The second kappa shape index (κ2) is 10.5. The maximum atomic E-state index is 13.7. The minimum absolute atomic E-state index is 0.0862. The summed E-state index contributed by atoms with van der Waals surface area (Å²) in [6.07, 6.45) is 0.930. The normalized spacial score (nSPS) is 12.6. The molecule has 1 N–H and O–H groups in total. The van der Waals surface area contributed by atoms with E-state index in [1.165, 1.54) is 25.5 Å². The molecule has 4 aromatic rings. The van der Waals surface area contributed by atoms with Crippen LogP contribution >= 0.6 is 0 Å². The number of hydrogen-bond acceptors (Lipinski definition) is 8. The minimum atomic E-state index is -0.589. The van der Waals surface area contributed by atoms with Gasteiger partial charge in [0, 0.05) is 31.4 Å². The molecule has 0 atom stereocenters. The Balaban J connectivity index is 1.50. The van der Waals surface area contributed by atoms with E-state index in [9.17, 15) is 14.0 Å². The van der Waals surface area contributed by atoms with Crippen LogP contribution in [0.25, 0.3) is 17.2 Å². The molecular formula is C27H27FN8O3. The first-order chi connectivity index (χ1) is 18.8. The third-order valence-corrected chi connectivity index (χ3v) is 6.56. The molecule has 3 aromatic heterocycles. The van der Waals surface area contributed by atoms with E-state index in [1.54, 1.807) is 45.9 Å². The number of nitrogens with zero attached hydrogens (tertiary/aromatic N) is 7. The number of nitrogens with one attached hydrogen (secondary N) is 1. The third kappa shape index (κ3) is 5.00. The zero-order valence-electron chi connectivity index (χ0n) is 21.9. The first-order valence-corrected chi connectivity index (χ1v) is 12.3. The van der Waals surface area contributed by atoms with Crippen LogP contribution in [0.2, 0.25) is 0 Å². The van der Waals surface area contributed by atoms with Crippen LogP contribution in [0.15, 0.2) is 54.9 Å². The molecule has 12 heteroatoms. The smallest absolute Gasteiger partial charge is 0.407 e. The van der Waals surface area contributed by atoms with E-state index in [0.29, 0.717) is 45.7 Å². The van der Waals surface area contributed by atoms with E-state index in [4.69, 9.17) is 14.7 Å². The number of amides is 2. The summed E-state index contributed by atoms with van der Waals surface area (Å²) in [6.45, 7) is 4.16. The van der Waals surface area contributed by atoms with Gasteiger partial charge < -0.3 is 15.0 Å². The van der Waals surface area contributed by atoms with Crippen LogP contribution in [-0.4, -0.2) is 56.9 Å². The summed E-state index contributed by atoms with van der Waals surface area (Å²) in [5.74, 6) is 0.868. The molecule has 200 valence electrons. The lowest BCUT2D eigenvalue weighted by Gasteiger charge is -2.23. The lowest BCUT2D eigenvalue weighted by molar-refractivity contribution is 0.0996. The molecule has 1 aromatic carbocycles. The number of anilines is 2. The largest absolute Gasteiger partial charge is 0.443 e. The molecule has 0 spiro atoms. The molecule has 0 radical (unpaired) electrons. The fourth-order valence-electron chi connectivity index (χ4n) is 4.21. The molecule has 2 amide bonds. The van der Waals surface area contributed by atoms with Gasteiger partial charge in [0.15, 0.2) is 5.82 Å². The molecule has 0 aliphatic carbocycles. The number of fused-ring (bicyclic) bond motifs is 1. The van der Waals surface area contributed by atoms with Crippen LogP contribution in [0.1, 0.15) is 35.5 Å². The van der Waals surface area contributed by atoms with Crippen molar-refractivity contribution in [3.63, 3.8) is 0 Å². The van der Waals surface area contributed by atoms with Gasteiger partial charge in [0.2, 0.25) is 0 Å². The number of carbonyl (C=O) groups excluding carboxylic acids is 2. The fraction of sp³-hybridized carbons (Fsp3) is 0.259. The number of aromatic nitrogens is 5. The van der Waals surface area contributed by atoms with Crippen molar-refractivity contribution < 1.29 is 18.7 Å². The Morgan fingerprint density at radius 1 is 1.18 bits per heavy atom. The number of benzene rings is 1. The SMILES string of the molecule is CNC(=O)OCc1nc(N(C)C(C)C)cc2c1CN(c1cccc(-c3nncn3-c3ccc(F)cc3)n1)C2=O. The lowest BCUT2D eigenvalue weighted by Crippen LogP contribution is -2.27. The standard InChI is InChI=1S/C27H27FN8O3/c1-16(2)34(4)24-12-19-20(22(32-24)14-39-27(38)29-3)13-35(26(19)37)23-7-5-6-21(31-23)25-33-30-15-36(25)18-10-8-17(28)9-11-18/h5-12,15-16H,13-14H2,1-4H3,(H,29,38). The summed E-state index contributed by atoms with van der Waals surface area (Å²) in [5.41, 5.74) is 2.80. The van der Waals surface area contributed by atoms with Crippen molar-refractivity contribution in [2.24, 2.45) is 0 Å². The molecule has 0 unspecified atom stereocenters. The van der Waals surface area contributed by atoms with Crippen molar-refractivity contribution in [2.75, 3.05) is 23.9 Å². The number of alkyl carbamates (subject to hydrolysis) is 1. The molecule has 0 bridgehead atoms. The van der Waals surface area contributed by atoms with Gasteiger partial charge in [-0.3, -0.25) is 14.3 Å². The van der Waals surface area contributed by atoms with Crippen molar-refractivity contribution in [3.05, 3.63) is 77.5 Å². The van der Waals surface area contributed by atoms with Crippen LogP contribution in [0.3, 0.4) is 0 Å². The van der Waals surface area contributed by atoms with Crippen LogP contribution in [0, 0.1) is 5.82 Å². The fourth-order valence-corrected chi connectivity index (χ4v) is 4.21. The number of pyridine rings is 2. The van der Waals surface area contributed by atoms with Gasteiger partial charge in [-0.2, -0.15) is 0 Å². The monoisotopic (exact) mass is 530 g/mol. The first-order valence-electron chi connectivity index (χ1n) is 12.3. The molecule has 0 fully saturated rings. The average Bonchev–Trinajstić information content (AvgIpc) is 3.56. The molecule has 0 saturated heterocycles. The highest BCUT2D eigenvalue weighted by Gasteiger charge is 2.34. The van der Waals surface area contributed by atoms with E-state index in [-0.39, 0.29) is 30.9 Å². The molecule has 4 heterocycles. The highest BCUT2D eigenvalue weighted by Crippen LogP contribution is 2.33. The van der Waals surface area contributed by atoms with E-state index in [2.05, 4.69) is 15.5 Å². The summed E-state index contributed by atoms with van der Waals surface area (Å²) < 4.78 is 20.4. The lowest BCUT2D eigenvalue weighted by atomic mass is 10.1. The summed E-state index contributed by atoms with van der Waals surface area (Å²) in [4.78, 5) is 38.4. The Morgan fingerprint density at radius 2 is 1.95 bits per heavy atom. The Bertz CT molecular complexity index is 1540. The van der Waals surface area contributed by atoms with Crippen molar-refractivity contribution in [1.29, 1.82) is 0 Å². The third-order valence-electron chi connectivity index (χ3n) is 6.56. The number of halogens is 1. The van der Waals surface area contributed by atoms with Gasteiger partial charge in [-0.05, 0) is 56.3 Å². The Morgan fingerprint density at radius 3 is 2.67 bits per heavy atom. The summed E-state index contributed by atoms with van der Waals surface area (Å²) in [6, 6.07) is 13.1. The van der Waals surface area contributed by atoms with Crippen LogP contribution in [0.4, 0.5) is 20.8 Å². The summed E-state index contributed by atoms with van der Waals surface area (Å²) in [7, 11) is 3.37. The van der Waals surface area contributed by atoms with Crippen LogP contribution in [-0.2, 0) is 17.9 Å². The van der Waals surface area contributed by atoms with E-state index in [1.807, 2.05) is 25.8 Å². The van der Waals surface area contributed by atoms with Gasteiger partial charge in [-0.15, -0.1) is 10.2 Å². The van der Waals surface area contributed by atoms with Crippen LogP contribution < -0.4 is 15.1 Å². The van der Waals surface area contributed by atoms with Gasteiger partial charge in [0.1, 0.15) is 36.1 Å². The second-order valence-electron chi connectivity index (χ2n) is 9.26. The second-order valence-corrected chi connectivity index (χ2v) is 9.26. The zero-order valence-corrected chi connectivity index (χ0v) is 21.9. The van der Waals surface area contributed by atoms with E-state index in [0.717, 1.165) is 0 Å². The molecule has 5 rings (SSSR count). The van der Waals surface area contributed by atoms with Crippen molar-refractivity contribution >= 4 is 23.6 Å². The van der Waals surface area contributed by atoms with Crippen molar-refractivity contribution in [1.82, 2.24) is 30.0 Å². The maximum Gasteiger partial charge on any atom is 0.407 e. The molecule has 1 aliphatic heterocycles. The summed E-state index contributed by atoms with van der Waals surface area (Å²) in [5, 5.41) is 10.6. The predicted molar refractivity (Wildman–Crippen MR) is 142 cm³/mol. The van der Waals surface area contributed by atoms with Crippen molar-refractivity contribution in [2.45, 2.75) is 33.0 Å². The van der Waals surface area contributed by atoms with Gasteiger partial charge in [0.25, 0.3) is 5.91 Å². The molecular weight excluding hydrogens is 503 g/mol. The van der Waals surface area contributed by atoms with Gasteiger partial charge >= 0.3 is 6.09 Å². The number of ether oxygens (including phenoxy) is 1. The van der Waals surface area contributed by atoms with Crippen molar-refractivity contribution in [3.8, 4) is 17.2 Å².